The second kappa shape index (κ2) is 6.19. The van der Waals surface area contributed by atoms with E-state index in [9.17, 15) is 0 Å². The van der Waals surface area contributed by atoms with Gasteiger partial charge in [0.2, 0.25) is 0 Å². The van der Waals surface area contributed by atoms with Crippen LogP contribution in [0.4, 0.5) is 0 Å². The standard InChI is InChI=1S/C15H30N2/c1-12(11-16-3)13(2)17-10-6-9-15(17)14-7-4-5-8-14/h12-16H,4-11H2,1-3H3. The zero-order valence-corrected chi connectivity index (χ0v) is 11.9. The smallest absolute Gasteiger partial charge is 0.0127 e. The highest BCUT2D eigenvalue weighted by molar-refractivity contribution is 4.91. The SMILES string of the molecule is CNCC(C)C(C)N1CCCC1C1CCCC1. The Morgan fingerprint density at radius 2 is 1.82 bits per heavy atom. The summed E-state index contributed by atoms with van der Waals surface area (Å²) in [6.45, 7) is 7.33. The number of hydrogen-bond donors (Lipinski definition) is 1. The molecule has 17 heavy (non-hydrogen) atoms. The highest BCUT2D eigenvalue weighted by atomic mass is 15.2. The minimum absolute atomic E-state index is 0.746. The van der Waals surface area contributed by atoms with Crippen molar-refractivity contribution in [1.82, 2.24) is 10.2 Å². The van der Waals surface area contributed by atoms with Gasteiger partial charge in [-0.2, -0.15) is 0 Å². The van der Waals surface area contributed by atoms with Crippen LogP contribution in [0.3, 0.4) is 0 Å². The van der Waals surface area contributed by atoms with Crippen molar-refractivity contribution in [3.63, 3.8) is 0 Å². The summed E-state index contributed by atoms with van der Waals surface area (Å²) >= 11 is 0. The molecular weight excluding hydrogens is 208 g/mol. The van der Waals surface area contributed by atoms with Gasteiger partial charge in [0.25, 0.3) is 0 Å². The van der Waals surface area contributed by atoms with Gasteiger partial charge in [0.15, 0.2) is 0 Å². The molecule has 100 valence electrons. The molecule has 2 nitrogen and oxygen atoms in total. The maximum absolute atomic E-state index is 3.33. The van der Waals surface area contributed by atoms with E-state index in [0.29, 0.717) is 0 Å². The lowest BCUT2D eigenvalue weighted by atomic mass is 9.93. The van der Waals surface area contributed by atoms with Crippen molar-refractivity contribution in [1.29, 1.82) is 0 Å². The first-order valence-electron chi connectivity index (χ1n) is 7.64. The van der Waals surface area contributed by atoms with Crippen molar-refractivity contribution in [2.45, 2.75) is 64.5 Å². The molecule has 0 aromatic heterocycles. The van der Waals surface area contributed by atoms with E-state index >= 15 is 0 Å². The molecule has 1 heterocycles. The Hall–Kier alpha value is -0.0800. The summed E-state index contributed by atoms with van der Waals surface area (Å²) in [5.74, 6) is 1.78. The number of hydrogen-bond acceptors (Lipinski definition) is 2. The first-order chi connectivity index (χ1) is 8.24. The van der Waals surface area contributed by atoms with Crippen LogP contribution in [0.2, 0.25) is 0 Å². The molecule has 0 aromatic rings. The normalized spacial score (nSPS) is 30.9. The monoisotopic (exact) mass is 238 g/mol. The van der Waals surface area contributed by atoms with Crippen LogP contribution in [0.1, 0.15) is 52.4 Å². The molecule has 2 heteroatoms. The predicted molar refractivity (Wildman–Crippen MR) is 74.2 cm³/mol. The van der Waals surface area contributed by atoms with Gasteiger partial charge in [0.05, 0.1) is 0 Å². The summed E-state index contributed by atoms with van der Waals surface area (Å²) in [4.78, 5) is 2.83. The Balaban J connectivity index is 1.93. The van der Waals surface area contributed by atoms with E-state index in [-0.39, 0.29) is 0 Å². The number of rotatable bonds is 5. The highest BCUT2D eigenvalue weighted by Gasteiger charge is 2.36. The van der Waals surface area contributed by atoms with Gasteiger partial charge < -0.3 is 5.32 Å². The molecule has 3 unspecified atom stereocenters. The third kappa shape index (κ3) is 3.03. The largest absolute Gasteiger partial charge is 0.319 e. The quantitative estimate of drug-likeness (QED) is 0.792. The second-order valence-corrected chi connectivity index (χ2v) is 6.27. The molecule has 0 radical (unpaired) electrons. The van der Waals surface area contributed by atoms with E-state index in [2.05, 4.69) is 31.1 Å². The summed E-state index contributed by atoms with van der Waals surface area (Å²) in [5, 5.41) is 3.33. The topological polar surface area (TPSA) is 15.3 Å². The van der Waals surface area contributed by atoms with Crippen molar-refractivity contribution in [3.8, 4) is 0 Å². The van der Waals surface area contributed by atoms with Gasteiger partial charge in [-0.25, -0.2) is 0 Å². The summed E-state index contributed by atoms with van der Waals surface area (Å²) < 4.78 is 0. The van der Waals surface area contributed by atoms with Gasteiger partial charge in [-0.1, -0.05) is 19.8 Å². The van der Waals surface area contributed by atoms with Crippen LogP contribution in [0.5, 0.6) is 0 Å². The van der Waals surface area contributed by atoms with Crippen LogP contribution in [-0.4, -0.2) is 37.1 Å². The molecule has 2 fully saturated rings. The number of nitrogens with one attached hydrogen (secondary N) is 1. The lowest BCUT2D eigenvalue weighted by Crippen LogP contribution is -2.45. The Labute approximate surface area is 107 Å². The van der Waals surface area contributed by atoms with Crippen molar-refractivity contribution >= 4 is 0 Å². The Morgan fingerprint density at radius 1 is 1.12 bits per heavy atom. The third-order valence-corrected chi connectivity index (χ3v) is 5.16. The van der Waals surface area contributed by atoms with Crippen LogP contribution in [0.25, 0.3) is 0 Å². The highest BCUT2D eigenvalue weighted by Crippen LogP contribution is 2.37. The van der Waals surface area contributed by atoms with Crippen LogP contribution < -0.4 is 5.32 Å². The summed E-state index contributed by atoms with van der Waals surface area (Å²) in [6, 6.07) is 1.65. The Morgan fingerprint density at radius 3 is 2.47 bits per heavy atom. The molecule has 0 bridgehead atoms. The van der Waals surface area contributed by atoms with E-state index in [4.69, 9.17) is 0 Å². The molecule has 1 N–H and O–H groups in total. The molecule has 1 saturated heterocycles. The van der Waals surface area contributed by atoms with Gasteiger partial charge in [0.1, 0.15) is 0 Å². The van der Waals surface area contributed by atoms with Crippen molar-refractivity contribution in [2.75, 3.05) is 20.1 Å². The predicted octanol–water partition coefficient (Wildman–Crippen LogP) is 2.89. The van der Waals surface area contributed by atoms with Gasteiger partial charge in [-0.3, -0.25) is 4.90 Å². The van der Waals surface area contributed by atoms with Crippen LogP contribution in [-0.2, 0) is 0 Å². The fraction of sp³-hybridized carbons (Fsp3) is 1.00. The van der Waals surface area contributed by atoms with Crippen LogP contribution >= 0.6 is 0 Å². The minimum Gasteiger partial charge on any atom is -0.319 e. The Bertz CT molecular complexity index is 223. The van der Waals surface area contributed by atoms with E-state index in [1.54, 1.807) is 0 Å². The fourth-order valence-corrected chi connectivity index (χ4v) is 3.99. The summed E-state index contributed by atoms with van der Waals surface area (Å²) in [7, 11) is 2.07. The zero-order valence-electron chi connectivity index (χ0n) is 11.9. The first kappa shape index (κ1) is 13.4. The van der Waals surface area contributed by atoms with E-state index < -0.39 is 0 Å². The van der Waals surface area contributed by atoms with Gasteiger partial charge in [0, 0.05) is 12.1 Å². The molecule has 2 rings (SSSR count). The molecule has 0 spiro atoms. The molecule has 0 aromatic carbocycles. The van der Waals surface area contributed by atoms with E-state index in [1.165, 1.54) is 45.1 Å². The van der Waals surface area contributed by atoms with Crippen LogP contribution in [0, 0.1) is 11.8 Å². The molecule has 3 atom stereocenters. The Kier molecular flexibility index (Phi) is 4.87. The lowest BCUT2D eigenvalue weighted by molar-refractivity contribution is 0.111. The zero-order chi connectivity index (χ0) is 12.3. The van der Waals surface area contributed by atoms with Crippen molar-refractivity contribution in [2.24, 2.45) is 11.8 Å². The fourth-order valence-electron chi connectivity index (χ4n) is 3.99. The summed E-state index contributed by atoms with van der Waals surface area (Å²) in [5.41, 5.74) is 0. The number of nitrogens with zero attached hydrogens (tertiary/aromatic N) is 1. The van der Waals surface area contributed by atoms with E-state index in [1.807, 2.05) is 0 Å². The lowest BCUT2D eigenvalue weighted by Gasteiger charge is -2.37. The molecule has 1 aliphatic heterocycles. The minimum atomic E-state index is 0.746. The third-order valence-electron chi connectivity index (χ3n) is 5.16. The van der Waals surface area contributed by atoms with Crippen LogP contribution in [0.15, 0.2) is 0 Å². The number of likely N-dealkylation sites (tertiary alicyclic amines) is 1. The molecule has 2 aliphatic rings. The summed E-state index contributed by atoms with van der Waals surface area (Å²) in [6.07, 6.45) is 8.84. The molecule has 1 saturated carbocycles. The first-order valence-corrected chi connectivity index (χ1v) is 7.64. The average molecular weight is 238 g/mol. The molecule has 1 aliphatic carbocycles. The second-order valence-electron chi connectivity index (χ2n) is 6.27. The van der Waals surface area contributed by atoms with Gasteiger partial charge >= 0.3 is 0 Å². The molecule has 0 amide bonds. The van der Waals surface area contributed by atoms with E-state index in [0.717, 1.165) is 30.5 Å². The van der Waals surface area contributed by atoms with Crippen molar-refractivity contribution in [3.05, 3.63) is 0 Å². The van der Waals surface area contributed by atoms with Gasteiger partial charge in [-0.15, -0.1) is 0 Å². The van der Waals surface area contributed by atoms with Gasteiger partial charge in [-0.05, 0) is 64.6 Å². The average Bonchev–Trinajstić information content (AvgIpc) is 2.98. The maximum atomic E-state index is 3.33. The van der Waals surface area contributed by atoms with Crippen molar-refractivity contribution < 1.29 is 0 Å². The molecular formula is C15H30N2. The maximum Gasteiger partial charge on any atom is 0.0127 e.